The van der Waals surface area contributed by atoms with Gasteiger partial charge in [-0.2, -0.15) is 0 Å². The number of halogens is 1. The van der Waals surface area contributed by atoms with Gasteiger partial charge in [0.1, 0.15) is 11.2 Å². The second-order valence-corrected chi connectivity index (χ2v) is 9.35. The average Bonchev–Trinajstić information content (AvgIpc) is 3.10. The van der Waals surface area contributed by atoms with E-state index in [9.17, 15) is 9.59 Å². The van der Waals surface area contributed by atoms with Crippen molar-refractivity contribution in [3.63, 3.8) is 0 Å². The minimum absolute atomic E-state index is 0.0568. The normalized spacial score (nSPS) is 17.4. The largest absolute Gasteiger partial charge is 0.347 e. The molecule has 3 N–H and O–H groups in total. The van der Waals surface area contributed by atoms with E-state index < -0.39 is 5.54 Å². The molecule has 1 aromatic heterocycles. The van der Waals surface area contributed by atoms with Crippen LogP contribution in [0, 0.1) is 5.41 Å². The summed E-state index contributed by atoms with van der Waals surface area (Å²) >= 11 is 6.34. The van der Waals surface area contributed by atoms with Crippen LogP contribution >= 0.6 is 11.6 Å². The molecule has 0 bridgehead atoms. The SMILES string of the molecule is CN1C(=N)NC(C)(c2cccc(-c3cc(Cl)ccc3CNC(=O)c3ccc4ccccc4n3)c2)C1=O. The molecule has 0 spiro atoms. The molecule has 3 aromatic carbocycles. The van der Waals surface area contributed by atoms with Crippen LogP contribution in [0.4, 0.5) is 0 Å². The van der Waals surface area contributed by atoms with Crippen LogP contribution in [0.5, 0.6) is 0 Å². The number of carbonyl (C=O) groups excluding carboxylic acids is 2. The van der Waals surface area contributed by atoms with Crippen molar-refractivity contribution in [3.05, 3.63) is 101 Å². The van der Waals surface area contributed by atoms with Crippen LogP contribution in [-0.4, -0.2) is 34.7 Å². The van der Waals surface area contributed by atoms with E-state index in [1.54, 1.807) is 26.1 Å². The van der Waals surface area contributed by atoms with Crippen LogP contribution in [0.1, 0.15) is 28.5 Å². The number of fused-ring (bicyclic) bond motifs is 1. The fourth-order valence-corrected chi connectivity index (χ4v) is 4.61. The van der Waals surface area contributed by atoms with Crippen LogP contribution in [0.15, 0.2) is 78.9 Å². The number of hydrogen-bond donors (Lipinski definition) is 3. The van der Waals surface area contributed by atoms with Crippen molar-refractivity contribution >= 4 is 40.3 Å². The van der Waals surface area contributed by atoms with E-state index >= 15 is 0 Å². The predicted molar refractivity (Wildman–Crippen MR) is 141 cm³/mol. The van der Waals surface area contributed by atoms with Crippen molar-refractivity contribution in [2.75, 3.05) is 7.05 Å². The Hall–Kier alpha value is -4.23. The number of guanidine groups is 1. The lowest BCUT2D eigenvalue weighted by molar-refractivity contribution is -0.129. The smallest absolute Gasteiger partial charge is 0.270 e. The maximum atomic E-state index is 12.9. The van der Waals surface area contributed by atoms with E-state index in [2.05, 4.69) is 15.6 Å². The van der Waals surface area contributed by atoms with Gasteiger partial charge in [-0.25, -0.2) is 4.98 Å². The van der Waals surface area contributed by atoms with Gasteiger partial charge in [-0.15, -0.1) is 0 Å². The molecule has 4 aromatic rings. The summed E-state index contributed by atoms with van der Waals surface area (Å²) < 4.78 is 0. The van der Waals surface area contributed by atoms with Gasteiger partial charge in [0, 0.05) is 24.0 Å². The molecule has 36 heavy (non-hydrogen) atoms. The number of pyridine rings is 1. The molecule has 1 unspecified atom stereocenters. The van der Waals surface area contributed by atoms with Crippen molar-refractivity contribution in [3.8, 4) is 11.1 Å². The van der Waals surface area contributed by atoms with Gasteiger partial charge in [-0.05, 0) is 59.5 Å². The Bertz CT molecular complexity index is 1540. The highest BCUT2D eigenvalue weighted by Gasteiger charge is 2.45. The van der Waals surface area contributed by atoms with Crippen LogP contribution in [0.3, 0.4) is 0 Å². The molecule has 7 nitrogen and oxygen atoms in total. The lowest BCUT2D eigenvalue weighted by atomic mass is 9.88. The highest BCUT2D eigenvalue weighted by atomic mass is 35.5. The number of para-hydroxylation sites is 1. The number of carbonyl (C=O) groups is 2. The zero-order valence-electron chi connectivity index (χ0n) is 19.8. The molecule has 1 saturated heterocycles. The van der Waals surface area contributed by atoms with Gasteiger partial charge in [0.2, 0.25) is 0 Å². The minimum atomic E-state index is -1.05. The van der Waals surface area contributed by atoms with Gasteiger partial charge in [-0.1, -0.05) is 60.1 Å². The molecule has 1 atom stereocenters. The Morgan fingerprint density at radius 1 is 1.08 bits per heavy atom. The zero-order chi connectivity index (χ0) is 25.4. The van der Waals surface area contributed by atoms with Gasteiger partial charge < -0.3 is 10.6 Å². The van der Waals surface area contributed by atoms with Crippen molar-refractivity contribution in [1.29, 1.82) is 5.41 Å². The topological polar surface area (TPSA) is 98.2 Å². The molecule has 2 amide bonds. The fraction of sp³-hybridized carbons (Fsp3) is 0.143. The predicted octanol–water partition coefficient (Wildman–Crippen LogP) is 4.70. The monoisotopic (exact) mass is 497 g/mol. The first kappa shape index (κ1) is 23.5. The second-order valence-electron chi connectivity index (χ2n) is 8.92. The van der Waals surface area contributed by atoms with E-state index in [0.717, 1.165) is 33.2 Å². The number of likely N-dealkylation sites (N-methyl/N-ethyl adjacent to an activating group) is 1. The Balaban J connectivity index is 1.43. The molecule has 5 rings (SSSR count). The summed E-state index contributed by atoms with van der Waals surface area (Å²) in [6, 6.07) is 24.3. The van der Waals surface area contributed by atoms with E-state index in [1.807, 2.05) is 66.7 Å². The lowest BCUT2D eigenvalue weighted by Gasteiger charge is -2.23. The fourth-order valence-electron chi connectivity index (χ4n) is 4.43. The van der Waals surface area contributed by atoms with E-state index in [4.69, 9.17) is 17.0 Å². The second kappa shape index (κ2) is 9.09. The first-order valence-electron chi connectivity index (χ1n) is 11.4. The molecule has 1 aliphatic heterocycles. The van der Waals surface area contributed by atoms with Crippen LogP contribution in [0.2, 0.25) is 5.02 Å². The standard InChI is InChI=1S/C28H24ClN5O2/c1-28(26(36)34(2)27(30)33-28)20-8-5-7-18(14-20)22-15-21(29)12-10-19(22)16-31-25(35)24-13-11-17-6-3-4-9-23(17)32-24/h3-15H,16H2,1-2H3,(H2,30,33)(H,31,35). The third-order valence-electron chi connectivity index (χ3n) is 6.53. The molecule has 0 radical (unpaired) electrons. The average molecular weight is 498 g/mol. The summed E-state index contributed by atoms with van der Waals surface area (Å²) in [6.45, 7) is 2.04. The number of aromatic nitrogens is 1. The molecule has 0 aliphatic carbocycles. The van der Waals surface area contributed by atoms with Gasteiger partial charge in [-0.3, -0.25) is 19.9 Å². The number of nitrogens with one attached hydrogen (secondary N) is 3. The molecule has 2 heterocycles. The highest BCUT2D eigenvalue weighted by Crippen LogP contribution is 2.33. The van der Waals surface area contributed by atoms with Gasteiger partial charge in [0.15, 0.2) is 5.96 Å². The summed E-state index contributed by atoms with van der Waals surface area (Å²) in [4.78, 5) is 31.5. The van der Waals surface area contributed by atoms with Gasteiger partial charge >= 0.3 is 0 Å². The number of hydrogen-bond acceptors (Lipinski definition) is 4. The van der Waals surface area contributed by atoms with E-state index in [-0.39, 0.29) is 24.3 Å². The number of nitrogens with zero attached hydrogens (tertiary/aromatic N) is 2. The maximum absolute atomic E-state index is 12.9. The van der Waals surface area contributed by atoms with Gasteiger partial charge in [0.05, 0.1) is 5.52 Å². The van der Waals surface area contributed by atoms with Crippen molar-refractivity contribution in [2.45, 2.75) is 19.0 Å². The summed E-state index contributed by atoms with van der Waals surface area (Å²) in [5.41, 5.74) is 3.35. The number of rotatable bonds is 5. The molecule has 0 saturated carbocycles. The van der Waals surface area contributed by atoms with Crippen molar-refractivity contribution in [1.82, 2.24) is 20.5 Å². The summed E-state index contributed by atoms with van der Waals surface area (Å²) in [7, 11) is 1.58. The minimum Gasteiger partial charge on any atom is -0.347 e. The van der Waals surface area contributed by atoms with Crippen molar-refractivity contribution in [2.24, 2.45) is 0 Å². The summed E-state index contributed by atoms with van der Waals surface area (Å²) in [5.74, 6) is -0.419. The lowest BCUT2D eigenvalue weighted by Crippen LogP contribution is -2.40. The molecule has 180 valence electrons. The third-order valence-corrected chi connectivity index (χ3v) is 6.76. The van der Waals surface area contributed by atoms with E-state index in [0.29, 0.717) is 10.7 Å². The van der Waals surface area contributed by atoms with Crippen LogP contribution in [0.25, 0.3) is 22.0 Å². The van der Waals surface area contributed by atoms with E-state index in [1.165, 1.54) is 4.90 Å². The highest BCUT2D eigenvalue weighted by molar-refractivity contribution is 6.30. The molecular formula is C28H24ClN5O2. The Morgan fingerprint density at radius 3 is 2.67 bits per heavy atom. The summed E-state index contributed by atoms with van der Waals surface area (Å²) in [5, 5.41) is 15.5. The van der Waals surface area contributed by atoms with Gasteiger partial charge in [0.25, 0.3) is 11.8 Å². The third kappa shape index (κ3) is 4.18. The molecular weight excluding hydrogens is 474 g/mol. The van der Waals surface area contributed by atoms with Crippen molar-refractivity contribution < 1.29 is 9.59 Å². The first-order valence-corrected chi connectivity index (χ1v) is 11.8. The first-order chi connectivity index (χ1) is 17.3. The maximum Gasteiger partial charge on any atom is 0.270 e. The molecule has 1 aliphatic rings. The molecule has 1 fully saturated rings. The number of amides is 2. The van der Waals surface area contributed by atoms with Crippen LogP contribution in [-0.2, 0) is 16.9 Å². The number of benzene rings is 3. The zero-order valence-corrected chi connectivity index (χ0v) is 20.6. The Kier molecular flexibility index (Phi) is 5.94. The quantitative estimate of drug-likeness (QED) is 0.372. The summed E-state index contributed by atoms with van der Waals surface area (Å²) in [6.07, 6.45) is 0. The van der Waals surface area contributed by atoms with Crippen LogP contribution < -0.4 is 10.6 Å². The Morgan fingerprint density at radius 2 is 1.89 bits per heavy atom. The molecule has 8 heteroatoms. The Labute approximate surface area is 213 Å².